The van der Waals surface area contributed by atoms with Crippen LogP contribution in [0.1, 0.15) is 40.0 Å². The third kappa shape index (κ3) is 3.58. The second kappa shape index (κ2) is 5.72. The molecule has 0 atom stereocenters. The molecule has 0 saturated carbocycles. The Morgan fingerprint density at radius 3 is 2.36 bits per heavy atom. The van der Waals surface area contributed by atoms with Crippen molar-refractivity contribution in [1.82, 2.24) is 0 Å². The topological polar surface area (TPSA) is 9.23 Å². The number of likely N-dealkylation sites (tertiary alicyclic amines) is 1. The fourth-order valence-corrected chi connectivity index (χ4v) is 2.55. The second-order valence-corrected chi connectivity index (χ2v) is 5.11. The maximum atomic E-state index is 5.74. The van der Waals surface area contributed by atoms with Gasteiger partial charge in [0.15, 0.2) is 6.73 Å². The van der Waals surface area contributed by atoms with Crippen molar-refractivity contribution >= 4 is 0 Å². The van der Waals surface area contributed by atoms with Gasteiger partial charge in [-0.05, 0) is 6.42 Å². The van der Waals surface area contributed by atoms with E-state index in [1.807, 2.05) is 0 Å². The molecule has 0 aliphatic carbocycles. The van der Waals surface area contributed by atoms with Gasteiger partial charge in [-0.15, -0.1) is 0 Å². The third-order valence-electron chi connectivity index (χ3n) is 2.98. The third-order valence-corrected chi connectivity index (χ3v) is 2.98. The van der Waals surface area contributed by atoms with Gasteiger partial charge in [0.1, 0.15) is 0 Å². The first-order valence-corrected chi connectivity index (χ1v) is 6.11. The van der Waals surface area contributed by atoms with Crippen molar-refractivity contribution in [3.63, 3.8) is 0 Å². The first-order chi connectivity index (χ1) is 6.68. The van der Waals surface area contributed by atoms with E-state index in [-0.39, 0.29) is 0 Å². The van der Waals surface area contributed by atoms with Crippen LogP contribution in [0.2, 0.25) is 0 Å². The van der Waals surface area contributed by atoms with Gasteiger partial charge >= 0.3 is 0 Å². The summed E-state index contributed by atoms with van der Waals surface area (Å²) in [5.41, 5.74) is 0. The summed E-state index contributed by atoms with van der Waals surface area (Å²) in [6, 6.07) is 0. The minimum Gasteiger partial charge on any atom is -0.332 e. The summed E-state index contributed by atoms with van der Waals surface area (Å²) in [6.07, 6.45) is 3.92. The van der Waals surface area contributed by atoms with Crippen molar-refractivity contribution in [3.05, 3.63) is 0 Å². The van der Waals surface area contributed by atoms with E-state index in [0.29, 0.717) is 0 Å². The molecule has 0 aromatic heterocycles. The van der Waals surface area contributed by atoms with Crippen LogP contribution in [0.3, 0.4) is 0 Å². The van der Waals surface area contributed by atoms with Gasteiger partial charge in [-0.2, -0.15) is 0 Å². The lowest BCUT2D eigenvalue weighted by Crippen LogP contribution is -2.49. The van der Waals surface area contributed by atoms with Gasteiger partial charge in [0, 0.05) is 18.8 Å². The molecule has 84 valence electrons. The number of nitrogens with zero attached hydrogens (tertiary/aromatic N) is 1. The van der Waals surface area contributed by atoms with E-state index < -0.39 is 0 Å². The molecule has 0 spiro atoms. The lowest BCUT2D eigenvalue weighted by atomic mass is 10.2. The minimum absolute atomic E-state index is 0.790. The highest BCUT2D eigenvalue weighted by Crippen LogP contribution is 2.21. The highest BCUT2D eigenvalue weighted by Gasteiger charge is 2.32. The van der Waals surface area contributed by atoms with Crippen LogP contribution in [0.25, 0.3) is 0 Å². The fraction of sp³-hybridized carbons (Fsp3) is 1.00. The summed E-state index contributed by atoms with van der Waals surface area (Å²) in [4.78, 5) is 0. The van der Waals surface area contributed by atoms with Crippen LogP contribution in [0.5, 0.6) is 0 Å². The van der Waals surface area contributed by atoms with Crippen LogP contribution in [-0.4, -0.2) is 37.5 Å². The maximum absolute atomic E-state index is 5.74. The van der Waals surface area contributed by atoms with E-state index in [9.17, 15) is 0 Å². The molecule has 1 rings (SSSR count). The molecule has 0 radical (unpaired) electrons. The molecule has 2 nitrogen and oxygen atoms in total. The van der Waals surface area contributed by atoms with E-state index in [2.05, 4.69) is 20.8 Å². The first kappa shape index (κ1) is 12.0. The van der Waals surface area contributed by atoms with Gasteiger partial charge < -0.3 is 9.22 Å². The van der Waals surface area contributed by atoms with Crippen molar-refractivity contribution in [2.24, 2.45) is 5.92 Å². The van der Waals surface area contributed by atoms with Crippen LogP contribution in [-0.2, 0) is 4.74 Å². The largest absolute Gasteiger partial charge is 0.332 e. The highest BCUT2D eigenvalue weighted by molar-refractivity contribution is 4.55. The number of quaternary nitrogens is 1. The molecule has 1 heterocycles. The summed E-state index contributed by atoms with van der Waals surface area (Å²) in [5.74, 6) is 0.790. The summed E-state index contributed by atoms with van der Waals surface area (Å²) in [6.45, 7) is 12.7. The molecule has 0 N–H and O–H groups in total. The van der Waals surface area contributed by atoms with Crippen molar-refractivity contribution < 1.29 is 9.22 Å². The zero-order valence-electron chi connectivity index (χ0n) is 10.1. The van der Waals surface area contributed by atoms with Crippen LogP contribution in [0, 0.1) is 5.92 Å². The summed E-state index contributed by atoms with van der Waals surface area (Å²) < 4.78 is 6.96. The molecular formula is C12H26NO+. The van der Waals surface area contributed by atoms with E-state index in [1.165, 1.54) is 37.0 Å². The predicted molar refractivity (Wildman–Crippen MR) is 60.0 cm³/mol. The van der Waals surface area contributed by atoms with Crippen LogP contribution in [0.4, 0.5) is 0 Å². The molecule has 1 saturated heterocycles. The Bertz CT molecular complexity index is 150. The second-order valence-electron chi connectivity index (χ2n) is 5.11. The van der Waals surface area contributed by atoms with E-state index in [0.717, 1.165) is 25.7 Å². The molecule has 0 unspecified atom stereocenters. The van der Waals surface area contributed by atoms with Gasteiger partial charge in [-0.25, -0.2) is 0 Å². The molecule has 0 aromatic carbocycles. The molecule has 1 fully saturated rings. The molecule has 2 heteroatoms. The van der Waals surface area contributed by atoms with Gasteiger partial charge in [0.25, 0.3) is 0 Å². The Balaban J connectivity index is 2.36. The Kier molecular flexibility index (Phi) is 4.90. The Hall–Kier alpha value is -0.0800. The van der Waals surface area contributed by atoms with Gasteiger partial charge in [-0.1, -0.05) is 20.8 Å². The fourth-order valence-electron chi connectivity index (χ4n) is 2.55. The number of ether oxygens (including phenoxy) is 1. The van der Waals surface area contributed by atoms with E-state index in [1.54, 1.807) is 0 Å². The molecule has 1 aliphatic heterocycles. The molecule has 14 heavy (non-hydrogen) atoms. The van der Waals surface area contributed by atoms with Crippen molar-refractivity contribution in [1.29, 1.82) is 0 Å². The zero-order valence-corrected chi connectivity index (χ0v) is 10.1. The zero-order chi connectivity index (χ0) is 10.4. The minimum atomic E-state index is 0.790. The van der Waals surface area contributed by atoms with Crippen molar-refractivity contribution in [2.75, 3.05) is 33.0 Å². The predicted octanol–water partition coefficient (Wildman–Crippen LogP) is 2.64. The average Bonchev–Trinajstić information content (AvgIpc) is 2.53. The summed E-state index contributed by atoms with van der Waals surface area (Å²) in [7, 11) is 0. The van der Waals surface area contributed by atoms with Crippen molar-refractivity contribution in [3.8, 4) is 0 Å². The van der Waals surface area contributed by atoms with Crippen molar-refractivity contribution in [2.45, 2.75) is 40.0 Å². The highest BCUT2D eigenvalue weighted by atomic mass is 16.5. The molecule has 1 aliphatic rings. The Morgan fingerprint density at radius 2 is 1.86 bits per heavy atom. The quantitative estimate of drug-likeness (QED) is 0.473. The van der Waals surface area contributed by atoms with Crippen LogP contribution >= 0.6 is 0 Å². The smallest absolute Gasteiger partial charge is 0.183 e. The number of rotatable bonds is 6. The molecule has 0 aromatic rings. The van der Waals surface area contributed by atoms with Crippen LogP contribution < -0.4 is 0 Å². The van der Waals surface area contributed by atoms with Crippen LogP contribution in [0.15, 0.2) is 0 Å². The lowest BCUT2D eigenvalue weighted by Gasteiger charge is -2.35. The monoisotopic (exact) mass is 200 g/mol. The Morgan fingerprint density at radius 1 is 1.21 bits per heavy atom. The Labute approximate surface area is 88.8 Å². The van der Waals surface area contributed by atoms with Gasteiger partial charge in [-0.3, -0.25) is 0 Å². The number of hydrogen-bond acceptors (Lipinski definition) is 1. The molecular weight excluding hydrogens is 174 g/mol. The average molecular weight is 200 g/mol. The van der Waals surface area contributed by atoms with E-state index in [4.69, 9.17) is 4.74 Å². The normalized spacial score (nSPS) is 20.6. The summed E-state index contributed by atoms with van der Waals surface area (Å²) >= 11 is 0. The SMILES string of the molecule is CCCOC[N+]1(CC(C)C)CCCC1. The first-order valence-electron chi connectivity index (χ1n) is 6.11. The molecule has 0 bridgehead atoms. The number of hydrogen-bond donors (Lipinski definition) is 0. The molecule has 0 amide bonds. The maximum Gasteiger partial charge on any atom is 0.183 e. The van der Waals surface area contributed by atoms with E-state index >= 15 is 0 Å². The standard InChI is InChI=1S/C12H26NO/c1-4-9-14-11-13(10-12(2)3)7-5-6-8-13/h12H,4-11H2,1-3H3/q+1. The van der Waals surface area contributed by atoms with Gasteiger partial charge in [0.05, 0.1) is 26.2 Å². The lowest BCUT2D eigenvalue weighted by molar-refractivity contribution is -0.937. The summed E-state index contributed by atoms with van der Waals surface area (Å²) in [5, 5.41) is 0. The van der Waals surface area contributed by atoms with Gasteiger partial charge in [0.2, 0.25) is 0 Å².